The Balaban J connectivity index is 2.15. The number of halogens is 1. The molecule has 0 saturated carbocycles. The largest absolute Gasteiger partial charge is 0.323 e. The van der Waals surface area contributed by atoms with E-state index in [1.807, 2.05) is 6.26 Å². The SMILES string of the molecule is CSCCC(=O)Nc1cn(-c2cncc(F)c2)nc1C. The van der Waals surface area contributed by atoms with Gasteiger partial charge in [-0.3, -0.25) is 9.78 Å². The lowest BCUT2D eigenvalue weighted by Crippen LogP contribution is -2.12. The van der Waals surface area contributed by atoms with Gasteiger partial charge in [0, 0.05) is 18.2 Å². The van der Waals surface area contributed by atoms with Crippen molar-refractivity contribution < 1.29 is 9.18 Å². The predicted molar refractivity (Wildman–Crippen MR) is 77.7 cm³/mol. The van der Waals surface area contributed by atoms with E-state index in [0.717, 1.165) is 11.9 Å². The van der Waals surface area contributed by atoms with Crippen molar-refractivity contribution in [3.8, 4) is 5.69 Å². The Bertz CT molecular complexity index is 614. The molecule has 7 heteroatoms. The maximum Gasteiger partial charge on any atom is 0.225 e. The van der Waals surface area contributed by atoms with Crippen molar-refractivity contribution in [1.82, 2.24) is 14.8 Å². The molecule has 2 rings (SSSR count). The highest BCUT2D eigenvalue weighted by molar-refractivity contribution is 7.98. The Hall–Kier alpha value is -1.89. The molecule has 0 spiro atoms. The van der Waals surface area contributed by atoms with Crippen LogP contribution in [0.5, 0.6) is 0 Å². The minimum atomic E-state index is -0.429. The van der Waals surface area contributed by atoms with Crippen LogP contribution in [0.2, 0.25) is 0 Å². The van der Waals surface area contributed by atoms with Gasteiger partial charge in [0.1, 0.15) is 5.82 Å². The second-order valence-corrected chi connectivity index (χ2v) is 5.21. The summed E-state index contributed by atoms with van der Waals surface area (Å²) in [4.78, 5) is 15.5. The van der Waals surface area contributed by atoms with Gasteiger partial charge in [0.05, 0.1) is 35.7 Å². The number of pyridine rings is 1. The summed E-state index contributed by atoms with van der Waals surface area (Å²) in [6, 6.07) is 1.33. The molecule has 2 heterocycles. The zero-order chi connectivity index (χ0) is 14.5. The van der Waals surface area contributed by atoms with E-state index in [1.54, 1.807) is 24.9 Å². The van der Waals surface area contributed by atoms with Gasteiger partial charge in [0.25, 0.3) is 0 Å². The number of nitrogens with one attached hydrogen (secondary N) is 1. The fraction of sp³-hybridized carbons (Fsp3) is 0.308. The number of rotatable bonds is 5. The minimum absolute atomic E-state index is 0.0561. The van der Waals surface area contributed by atoms with Crippen molar-refractivity contribution in [2.24, 2.45) is 0 Å². The van der Waals surface area contributed by atoms with Gasteiger partial charge < -0.3 is 5.32 Å². The molecule has 0 saturated heterocycles. The molecule has 0 bridgehead atoms. The van der Waals surface area contributed by atoms with E-state index in [9.17, 15) is 9.18 Å². The summed E-state index contributed by atoms with van der Waals surface area (Å²) in [7, 11) is 0. The van der Waals surface area contributed by atoms with Crippen LogP contribution in [0.1, 0.15) is 12.1 Å². The molecular weight excluding hydrogens is 279 g/mol. The maximum absolute atomic E-state index is 13.1. The van der Waals surface area contributed by atoms with E-state index < -0.39 is 5.82 Å². The van der Waals surface area contributed by atoms with Crippen molar-refractivity contribution in [3.05, 3.63) is 36.2 Å². The summed E-state index contributed by atoms with van der Waals surface area (Å²) in [6.45, 7) is 1.79. The standard InChI is InChI=1S/C13H15FN4OS/c1-9-12(16-13(19)3-4-20-2)8-18(17-9)11-5-10(14)6-15-7-11/h5-8H,3-4H2,1-2H3,(H,16,19). The Morgan fingerprint density at radius 2 is 2.30 bits per heavy atom. The third kappa shape index (κ3) is 3.57. The van der Waals surface area contributed by atoms with Gasteiger partial charge >= 0.3 is 0 Å². The summed E-state index contributed by atoms with van der Waals surface area (Å²) < 4.78 is 14.6. The van der Waals surface area contributed by atoms with Crippen molar-refractivity contribution in [2.75, 3.05) is 17.3 Å². The van der Waals surface area contributed by atoms with E-state index >= 15 is 0 Å². The van der Waals surface area contributed by atoms with E-state index in [2.05, 4.69) is 15.4 Å². The molecule has 0 fully saturated rings. The quantitative estimate of drug-likeness (QED) is 0.920. The first-order chi connectivity index (χ1) is 9.60. The van der Waals surface area contributed by atoms with Crippen LogP contribution in [0.4, 0.5) is 10.1 Å². The van der Waals surface area contributed by atoms with Gasteiger partial charge in [-0.05, 0) is 13.2 Å². The van der Waals surface area contributed by atoms with Gasteiger partial charge in [-0.25, -0.2) is 9.07 Å². The van der Waals surface area contributed by atoms with E-state index in [0.29, 0.717) is 23.5 Å². The highest BCUT2D eigenvalue weighted by atomic mass is 32.2. The van der Waals surface area contributed by atoms with E-state index in [4.69, 9.17) is 0 Å². The van der Waals surface area contributed by atoms with Gasteiger partial charge in [-0.2, -0.15) is 16.9 Å². The van der Waals surface area contributed by atoms with Gasteiger partial charge in [0.15, 0.2) is 0 Å². The molecule has 2 aromatic heterocycles. The second-order valence-electron chi connectivity index (χ2n) is 4.23. The summed E-state index contributed by atoms with van der Waals surface area (Å²) >= 11 is 1.62. The lowest BCUT2D eigenvalue weighted by atomic mass is 10.3. The van der Waals surface area contributed by atoms with Crippen LogP contribution < -0.4 is 5.32 Å². The maximum atomic E-state index is 13.1. The third-order valence-electron chi connectivity index (χ3n) is 2.66. The Labute approximate surface area is 120 Å². The molecule has 20 heavy (non-hydrogen) atoms. The van der Waals surface area contributed by atoms with Crippen molar-refractivity contribution in [1.29, 1.82) is 0 Å². The van der Waals surface area contributed by atoms with Gasteiger partial charge in [0.2, 0.25) is 5.91 Å². The van der Waals surface area contributed by atoms with E-state index in [-0.39, 0.29) is 5.91 Å². The number of nitrogens with zero attached hydrogens (tertiary/aromatic N) is 3. The average Bonchev–Trinajstić information content (AvgIpc) is 2.78. The third-order valence-corrected chi connectivity index (χ3v) is 3.27. The number of carbonyl (C=O) groups excluding carboxylic acids is 1. The number of amides is 1. The predicted octanol–water partition coefficient (Wildman–Crippen LogP) is 2.41. The van der Waals surface area contributed by atoms with Crippen LogP contribution in [-0.4, -0.2) is 32.7 Å². The van der Waals surface area contributed by atoms with Crippen molar-refractivity contribution in [2.45, 2.75) is 13.3 Å². The summed E-state index contributed by atoms with van der Waals surface area (Å²) in [5, 5.41) is 7.05. The van der Waals surface area contributed by atoms with E-state index in [1.165, 1.54) is 16.9 Å². The lowest BCUT2D eigenvalue weighted by molar-refractivity contribution is -0.115. The number of thioether (sulfide) groups is 1. The monoisotopic (exact) mass is 294 g/mol. The van der Waals surface area contributed by atoms with Crippen LogP contribution in [0.3, 0.4) is 0 Å². The number of carbonyl (C=O) groups is 1. The fourth-order valence-electron chi connectivity index (χ4n) is 1.65. The molecule has 0 aliphatic rings. The molecule has 106 valence electrons. The minimum Gasteiger partial charge on any atom is -0.323 e. The highest BCUT2D eigenvalue weighted by Crippen LogP contribution is 2.17. The molecule has 0 radical (unpaired) electrons. The first kappa shape index (κ1) is 14.5. The van der Waals surface area contributed by atoms with Crippen LogP contribution in [-0.2, 0) is 4.79 Å². The number of aromatic nitrogens is 3. The van der Waals surface area contributed by atoms with Crippen LogP contribution in [0.25, 0.3) is 5.69 Å². The number of hydrogen-bond donors (Lipinski definition) is 1. The van der Waals surface area contributed by atoms with Crippen molar-refractivity contribution >= 4 is 23.4 Å². The zero-order valence-corrected chi connectivity index (χ0v) is 12.1. The molecule has 0 atom stereocenters. The number of anilines is 1. The Kier molecular flexibility index (Phi) is 4.73. The average molecular weight is 294 g/mol. The molecule has 1 amide bonds. The normalized spacial score (nSPS) is 10.6. The molecule has 0 aliphatic heterocycles. The number of hydrogen-bond acceptors (Lipinski definition) is 4. The first-order valence-electron chi connectivity index (χ1n) is 6.06. The highest BCUT2D eigenvalue weighted by Gasteiger charge is 2.10. The summed E-state index contributed by atoms with van der Waals surface area (Å²) in [6.07, 6.45) is 6.70. The number of aryl methyl sites for hydroxylation is 1. The second kappa shape index (κ2) is 6.51. The molecule has 5 nitrogen and oxygen atoms in total. The zero-order valence-electron chi connectivity index (χ0n) is 11.3. The van der Waals surface area contributed by atoms with Crippen LogP contribution in [0, 0.1) is 12.7 Å². The lowest BCUT2D eigenvalue weighted by Gasteiger charge is -2.02. The fourth-order valence-corrected chi connectivity index (χ4v) is 2.04. The topological polar surface area (TPSA) is 59.8 Å². The Morgan fingerprint density at radius 3 is 3.00 bits per heavy atom. The van der Waals surface area contributed by atoms with Crippen LogP contribution >= 0.6 is 11.8 Å². The molecule has 0 unspecified atom stereocenters. The summed E-state index contributed by atoms with van der Waals surface area (Å²) in [5.41, 5.74) is 1.81. The smallest absolute Gasteiger partial charge is 0.225 e. The first-order valence-corrected chi connectivity index (χ1v) is 7.45. The molecule has 0 aliphatic carbocycles. The molecule has 2 aromatic rings. The molecule has 1 N–H and O–H groups in total. The molecular formula is C13H15FN4OS. The van der Waals surface area contributed by atoms with Crippen LogP contribution in [0.15, 0.2) is 24.7 Å². The summed E-state index contributed by atoms with van der Waals surface area (Å²) in [5.74, 6) is 0.285. The van der Waals surface area contributed by atoms with Gasteiger partial charge in [-0.1, -0.05) is 0 Å². The van der Waals surface area contributed by atoms with Crippen molar-refractivity contribution in [3.63, 3.8) is 0 Å². The van der Waals surface area contributed by atoms with Gasteiger partial charge in [-0.15, -0.1) is 0 Å². The Morgan fingerprint density at radius 1 is 1.50 bits per heavy atom. The molecule has 0 aromatic carbocycles.